The van der Waals surface area contributed by atoms with E-state index in [1.54, 1.807) is 22.8 Å². The van der Waals surface area contributed by atoms with E-state index in [1.807, 2.05) is 6.07 Å². The summed E-state index contributed by atoms with van der Waals surface area (Å²) in [5, 5.41) is 0. The van der Waals surface area contributed by atoms with E-state index < -0.39 is 17.4 Å². The first-order valence-electron chi connectivity index (χ1n) is 10.8. The second kappa shape index (κ2) is 8.55. The smallest absolute Gasteiger partial charge is 0.408 e. The number of carbonyl (C=O) groups is 1. The van der Waals surface area contributed by atoms with Gasteiger partial charge in [0.15, 0.2) is 11.4 Å². The van der Waals surface area contributed by atoms with E-state index >= 15 is 0 Å². The number of piperidine rings is 1. The van der Waals surface area contributed by atoms with Crippen LogP contribution in [0.2, 0.25) is 0 Å². The second-order valence-electron chi connectivity index (χ2n) is 8.23. The minimum atomic E-state index is -0.574. The molecular formula is C26H23FN2O3. The highest BCUT2D eigenvalue weighted by Crippen LogP contribution is 2.28. The first kappa shape index (κ1) is 20.4. The molecule has 0 radical (unpaired) electrons. The summed E-state index contributed by atoms with van der Waals surface area (Å²) in [4.78, 5) is 27.5. The molecule has 0 bridgehead atoms. The van der Waals surface area contributed by atoms with Gasteiger partial charge in [0.2, 0.25) is 0 Å². The monoisotopic (exact) mass is 430 g/mol. The number of oxazole rings is 1. The average molecular weight is 430 g/mol. The van der Waals surface area contributed by atoms with E-state index in [9.17, 15) is 14.0 Å². The van der Waals surface area contributed by atoms with Crippen molar-refractivity contribution in [2.75, 3.05) is 13.1 Å². The van der Waals surface area contributed by atoms with Crippen LogP contribution in [-0.2, 0) is 6.67 Å². The average Bonchev–Trinajstić information content (AvgIpc) is 3.14. The Balaban J connectivity index is 1.33. The van der Waals surface area contributed by atoms with E-state index in [2.05, 4.69) is 29.2 Å². The van der Waals surface area contributed by atoms with Crippen LogP contribution in [0.4, 0.5) is 4.39 Å². The van der Waals surface area contributed by atoms with Crippen molar-refractivity contribution in [1.82, 2.24) is 9.47 Å². The summed E-state index contributed by atoms with van der Waals surface area (Å²) in [5.41, 5.74) is 2.61. The van der Waals surface area contributed by atoms with Crippen LogP contribution in [0.5, 0.6) is 0 Å². The van der Waals surface area contributed by atoms with Gasteiger partial charge < -0.3 is 4.42 Å². The normalized spacial score (nSPS) is 15.3. The minimum Gasteiger partial charge on any atom is -0.408 e. The molecule has 5 rings (SSSR count). The Labute approximate surface area is 184 Å². The van der Waals surface area contributed by atoms with E-state index in [0.717, 1.165) is 25.9 Å². The molecule has 162 valence electrons. The van der Waals surface area contributed by atoms with Crippen molar-refractivity contribution in [2.24, 2.45) is 0 Å². The van der Waals surface area contributed by atoms with Gasteiger partial charge in [-0.15, -0.1) is 0 Å². The third-order valence-corrected chi connectivity index (χ3v) is 6.25. The predicted molar refractivity (Wildman–Crippen MR) is 120 cm³/mol. The maximum atomic E-state index is 14.0. The van der Waals surface area contributed by atoms with E-state index in [0.29, 0.717) is 23.7 Å². The summed E-state index contributed by atoms with van der Waals surface area (Å²) in [7, 11) is 0. The molecule has 1 fully saturated rings. The van der Waals surface area contributed by atoms with Crippen molar-refractivity contribution in [1.29, 1.82) is 0 Å². The molecule has 0 aliphatic carbocycles. The lowest BCUT2D eigenvalue weighted by Gasteiger charge is -2.32. The third-order valence-electron chi connectivity index (χ3n) is 6.25. The summed E-state index contributed by atoms with van der Waals surface area (Å²) >= 11 is 0. The largest absolute Gasteiger partial charge is 0.421 e. The fourth-order valence-corrected chi connectivity index (χ4v) is 4.48. The van der Waals surface area contributed by atoms with Crippen molar-refractivity contribution in [3.8, 4) is 0 Å². The van der Waals surface area contributed by atoms with E-state index in [4.69, 9.17) is 4.42 Å². The molecule has 0 atom stereocenters. The lowest BCUT2D eigenvalue weighted by molar-refractivity contribution is 0.103. The molecule has 0 spiro atoms. The molecule has 1 aliphatic heterocycles. The maximum Gasteiger partial charge on any atom is 0.421 e. The van der Waals surface area contributed by atoms with Gasteiger partial charge in [-0.1, -0.05) is 42.5 Å². The van der Waals surface area contributed by atoms with Gasteiger partial charge in [-0.05, 0) is 54.7 Å². The maximum absolute atomic E-state index is 14.0. The Morgan fingerprint density at radius 3 is 2.44 bits per heavy atom. The number of aromatic nitrogens is 1. The fraction of sp³-hybridized carbons (Fsp3) is 0.231. The number of rotatable bonds is 5. The van der Waals surface area contributed by atoms with Gasteiger partial charge in [-0.2, -0.15) is 0 Å². The molecule has 0 N–H and O–H groups in total. The molecule has 3 aromatic carbocycles. The van der Waals surface area contributed by atoms with Crippen LogP contribution < -0.4 is 5.76 Å². The Bertz CT molecular complexity index is 1320. The predicted octanol–water partition coefficient (Wildman–Crippen LogP) is 4.80. The van der Waals surface area contributed by atoms with Crippen LogP contribution in [0.1, 0.15) is 40.2 Å². The van der Waals surface area contributed by atoms with Gasteiger partial charge in [-0.25, -0.2) is 9.18 Å². The first-order chi connectivity index (χ1) is 15.6. The lowest BCUT2D eigenvalue weighted by Crippen LogP contribution is -2.36. The van der Waals surface area contributed by atoms with Crippen LogP contribution >= 0.6 is 0 Å². The highest BCUT2D eigenvalue weighted by molar-refractivity contribution is 6.10. The van der Waals surface area contributed by atoms with Crippen LogP contribution in [0.25, 0.3) is 11.1 Å². The zero-order chi connectivity index (χ0) is 22.1. The van der Waals surface area contributed by atoms with Gasteiger partial charge in [0.05, 0.1) is 17.7 Å². The van der Waals surface area contributed by atoms with Crippen molar-refractivity contribution >= 4 is 16.9 Å². The molecule has 1 aromatic heterocycles. The Morgan fingerprint density at radius 1 is 0.969 bits per heavy atom. The van der Waals surface area contributed by atoms with Crippen molar-refractivity contribution in [3.05, 3.63) is 106 Å². The summed E-state index contributed by atoms with van der Waals surface area (Å²) in [6, 6.07) is 21.2. The molecule has 5 nitrogen and oxygen atoms in total. The summed E-state index contributed by atoms with van der Waals surface area (Å²) in [6.07, 6.45) is 2.08. The third kappa shape index (κ3) is 3.89. The number of nitrogens with zero attached hydrogens (tertiary/aromatic N) is 2. The highest BCUT2D eigenvalue weighted by Gasteiger charge is 2.22. The van der Waals surface area contributed by atoms with Crippen LogP contribution in [0.3, 0.4) is 0 Å². The number of benzene rings is 3. The zero-order valence-electron chi connectivity index (χ0n) is 17.5. The number of carbonyl (C=O) groups excluding carboxylic acids is 1. The highest BCUT2D eigenvalue weighted by atomic mass is 19.1. The van der Waals surface area contributed by atoms with Crippen molar-refractivity contribution < 1.29 is 13.6 Å². The quantitative estimate of drug-likeness (QED) is 0.427. The van der Waals surface area contributed by atoms with Gasteiger partial charge in [0, 0.05) is 18.7 Å². The summed E-state index contributed by atoms with van der Waals surface area (Å²) < 4.78 is 21.0. The summed E-state index contributed by atoms with van der Waals surface area (Å²) in [6.45, 7) is 2.22. The number of ketones is 1. The number of hydrogen-bond donors (Lipinski definition) is 0. The van der Waals surface area contributed by atoms with Gasteiger partial charge >= 0.3 is 5.76 Å². The van der Waals surface area contributed by atoms with Gasteiger partial charge in [0.1, 0.15) is 5.82 Å². The Morgan fingerprint density at radius 2 is 1.69 bits per heavy atom. The van der Waals surface area contributed by atoms with Crippen LogP contribution in [0.15, 0.2) is 82.0 Å². The van der Waals surface area contributed by atoms with Crippen LogP contribution in [0, 0.1) is 5.82 Å². The fourth-order valence-electron chi connectivity index (χ4n) is 4.48. The molecule has 32 heavy (non-hydrogen) atoms. The molecule has 0 saturated carbocycles. The van der Waals surface area contributed by atoms with E-state index in [1.165, 1.54) is 29.8 Å². The molecule has 4 aromatic rings. The molecule has 0 amide bonds. The molecule has 6 heteroatoms. The molecule has 1 saturated heterocycles. The van der Waals surface area contributed by atoms with Crippen molar-refractivity contribution in [3.63, 3.8) is 0 Å². The minimum absolute atomic E-state index is 0.00471. The number of halogens is 1. The Hall–Kier alpha value is -3.51. The summed E-state index contributed by atoms with van der Waals surface area (Å²) in [5.74, 6) is -0.934. The molecule has 1 aliphatic rings. The zero-order valence-corrected chi connectivity index (χ0v) is 17.5. The number of hydrogen-bond acceptors (Lipinski definition) is 4. The molecule has 0 unspecified atom stereocenters. The lowest BCUT2D eigenvalue weighted by atomic mass is 9.90. The van der Waals surface area contributed by atoms with Gasteiger partial charge in [0.25, 0.3) is 0 Å². The topological polar surface area (TPSA) is 55.5 Å². The van der Waals surface area contributed by atoms with E-state index in [-0.39, 0.29) is 11.1 Å². The molecular weight excluding hydrogens is 407 g/mol. The van der Waals surface area contributed by atoms with Gasteiger partial charge in [-0.3, -0.25) is 14.3 Å². The number of fused-ring (bicyclic) bond motifs is 1. The SMILES string of the molecule is O=C(c1ccc2c(c1)oc(=O)n2CN1CCC(c2ccccc2)CC1)c1ccccc1F. The first-order valence-corrected chi connectivity index (χ1v) is 10.8. The second-order valence-corrected chi connectivity index (χ2v) is 8.23. The molecule has 2 heterocycles. The van der Waals surface area contributed by atoms with Crippen molar-refractivity contribution in [2.45, 2.75) is 25.4 Å². The standard InChI is InChI=1S/C26H23FN2O3/c27-22-9-5-4-8-21(22)25(30)20-10-11-23-24(16-20)32-26(31)29(23)17-28-14-12-19(13-15-28)18-6-2-1-3-7-18/h1-11,16,19H,12-15,17H2. The number of likely N-dealkylation sites (tertiary alicyclic amines) is 1. The van der Waals surface area contributed by atoms with Crippen LogP contribution in [-0.4, -0.2) is 28.3 Å². The Kier molecular flexibility index (Phi) is 5.45.